The lowest BCUT2D eigenvalue weighted by molar-refractivity contribution is 0.270. The van der Waals surface area contributed by atoms with Gasteiger partial charge in [0.2, 0.25) is 0 Å². The average Bonchev–Trinajstić information content (AvgIpc) is 2.34. The lowest BCUT2D eigenvalue weighted by Crippen LogP contribution is -2.46. The Morgan fingerprint density at radius 2 is 1.65 bits per heavy atom. The molecule has 0 unspecified atom stereocenters. The number of aromatic nitrogens is 2. The van der Waals surface area contributed by atoms with Gasteiger partial charge in [0.15, 0.2) is 11.0 Å². The first-order valence-corrected chi connectivity index (χ1v) is 6.47. The molecule has 4 nitrogen and oxygen atoms in total. The predicted octanol–water partition coefficient (Wildman–Crippen LogP) is 1.89. The van der Waals surface area contributed by atoms with Gasteiger partial charge >= 0.3 is 0 Å². The van der Waals surface area contributed by atoms with Gasteiger partial charge in [0.1, 0.15) is 0 Å². The maximum absolute atomic E-state index is 6.18. The fourth-order valence-electron chi connectivity index (χ4n) is 2.04. The summed E-state index contributed by atoms with van der Waals surface area (Å²) in [6.07, 6.45) is 0. The number of likely N-dealkylation sites (N-methyl/N-ethyl adjacent to an activating group) is 1. The molecule has 2 rings (SSSR count). The molecule has 0 amide bonds. The number of rotatable bonds is 2. The van der Waals surface area contributed by atoms with Gasteiger partial charge in [-0.15, -0.1) is 0 Å². The summed E-state index contributed by atoms with van der Waals surface area (Å²) >= 11 is 6.18. The highest BCUT2D eigenvalue weighted by molar-refractivity contribution is 6.31. The van der Waals surface area contributed by atoms with E-state index in [9.17, 15) is 0 Å². The van der Waals surface area contributed by atoms with Crippen molar-refractivity contribution in [1.82, 2.24) is 14.9 Å². The largest absolute Gasteiger partial charge is 0.351 e. The maximum Gasteiger partial charge on any atom is 0.171 e. The second kappa shape index (κ2) is 5.19. The molecular weight excluding hydrogens is 236 g/mol. The lowest BCUT2D eigenvalue weighted by Gasteiger charge is -2.35. The van der Waals surface area contributed by atoms with Crippen LogP contribution in [0.2, 0.25) is 5.15 Å². The molecule has 1 aromatic heterocycles. The Balaban J connectivity index is 2.16. The third kappa shape index (κ3) is 2.69. The van der Waals surface area contributed by atoms with Gasteiger partial charge in [0.05, 0.1) is 11.4 Å². The van der Waals surface area contributed by atoms with E-state index in [4.69, 9.17) is 11.6 Å². The van der Waals surface area contributed by atoms with Crippen molar-refractivity contribution in [2.24, 2.45) is 0 Å². The molecule has 2 heterocycles. The highest BCUT2D eigenvalue weighted by Gasteiger charge is 2.20. The second-order valence-corrected chi connectivity index (χ2v) is 4.79. The minimum absolute atomic E-state index is 0.526. The van der Waals surface area contributed by atoms with E-state index in [1.807, 2.05) is 13.8 Å². The summed E-state index contributed by atoms with van der Waals surface area (Å²) in [5.74, 6) is 0.838. The number of hydrogen-bond donors (Lipinski definition) is 0. The van der Waals surface area contributed by atoms with Crippen LogP contribution in [0, 0.1) is 13.8 Å². The van der Waals surface area contributed by atoms with Crippen molar-refractivity contribution in [2.45, 2.75) is 20.8 Å². The summed E-state index contributed by atoms with van der Waals surface area (Å²) in [4.78, 5) is 13.6. The van der Waals surface area contributed by atoms with Crippen molar-refractivity contribution in [3.63, 3.8) is 0 Å². The zero-order valence-electron chi connectivity index (χ0n) is 10.7. The van der Waals surface area contributed by atoms with Gasteiger partial charge in [-0.1, -0.05) is 18.5 Å². The molecule has 0 atom stereocenters. The average molecular weight is 255 g/mol. The summed E-state index contributed by atoms with van der Waals surface area (Å²) in [6.45, 7) is 11.3. The normalized spacial score (nSPS) is 17.5. The first-order valence-electron chi connectivity index (χ1n) is 6.10. The Bertz CT molecular complexity index is 400. The highest BCUT2D eigenvalue weighted by atomic mass is 35.5. The van der Waals surface area contributed by atoms with Gasteiger partial charge in [-0.3, -0.25) is 0 Å². The number of halogens is 1. The number of aryl methyl sites for hydroxylation is 2. The summed E-state index contributed by atoms with van der Waals surface area (Å²) < 4.78 is 0. The van der Waals surface area contributed by atoms with Crippen LogP contribution < -0.4 is 4.90 Å². The monoisotopic (exact) mass is 254 g/mol. The Hall–Kier alpha value is -0.870. The van der Waals surface area contributed by atoms with Crippen LogP contribution in [0.4, 0.5) is 5.82 Å². The molecule has 0 N–H and O–H groups in total. The van der Waals surface area contributed by atoms with Crippen LogP contribution in [0.5, 0.6) is 0 Å². The summed E-state index contributed by atoms with van der Waals surface area (Å²) in [6, 6.07) is 0. The predicted molar refractivity (Wildman–Crippen MR) is 70.8 cm³/mol. The van der Waals surface area contributed by atoms with E-state index in [0.717, 1.165) is 49.9 Å². The molecule has 0 aromatic carbocycles. The number of anilines is 1. The first-order chi connectivity index (χ1) is 8.11. The third-order valence-corrected chi connectivity index (χ3v) is 3.62. The van der Waals surface area contributed by atoms with Crippen LogP contribution in [0.15, 0.2) is 0 Å². The Labute approximate surface area is 108 Å². The fourth-order valence-corrected chi connectivity index (χ4v) is 2.33. The molecule has 1 aliphatic rings. The van der Waals surface area contributed by atoms with E-state index in [1.165, 1.54) is 0 Å². The zero-order valence-corrected chi connectivity index (χ0v) is 11.5. The maximum atomic E-state index is 6.18. The molecule has 0 bridgehead atoms. The van der Waals surface area contributed by atoms with Gasteiger partial charge in [0.25, 0.3) is 0 Å². The van der Waals surface area contributed by atoms with Gasteiger partial charge < -0.3 is 9.80 Å². The summed E-state index contributed by atoms with van der Waals surface area (Å²) in [7, 11) is 0. The third-order valence-electron chi connectivity index (χ3n) is 3.37. The van der Waals surface area contributed by atoms with Crippen LogP contribution in [-0.4, -0.2) is 47.6 Å². The van der Waals surface area contributed by atoms with E-state index in [1.54, 1.807) is 0 Å². The molecule has 1 fully saturated rings. The van der Waals surface area contributed by atoms with Crippen LogP contribution in [-0.2, 0) is 0 Å². The summed E-state index contributed by atoms with van der Waals surface area (Å²) in [5.41, 5.74) is 1.87. The van der Waals surface area contributed by atoms with Crippen LogP contribution in [0.1, 0.15) is 18.3 Å². The second-order valence-electron chi connectivity index (χ2n) is 4.43. The van der Waals surface area contributed by atoms with Crippen LogP contribution in [0.25, 0.3) is 0 Å². The molecule has 0 aliphatic carbocycles. The van der Waals surface area contributed by atoms with Gasteiger partial charge in [-0.05, 0) is 20.4 Å². The SMILES string of the molecule is CCN1CCN(c2nc(C)c(C)nc2Cl)CC1. The minimum Gasteiger partial charge on any atom is -0.351 e. The van der Waals surface area contributed by atoms with Crippen molar-refractivity contribution in [2.75, 3.05) is 37.6 Å². The number of nitrogens with zero attached hydrogens (tertiary/aromatic N) is 4. The quantitative estimate of drug-likeness (QED) is 0.807. The van der Waals surface area contributed by atoms with Crippen molar-refractivity contribution < 1.29 is 0 Å². The molecule has 5 heteroatoms. The van der Waals surface area contributed by atoms with Crippen LogP contribution in [0.3, 0.4) is 0 Å². The Morgan fingerprint density at radius 3 is 2.24 bits per heavy atom. The van der Waals surface area contributed by atoms with E-state index in [-0.39, 0.29) is 0 Å². The fraction of sp³-hybridized carbons (Fsp3) is 0.667. The molecule has 94 valence electrons. The Morgan fingerprint density at radius 1 is 1.06 bits per heavy atom. The van der Waals surface area contributed by atoms with Crippen molar-refractivity contribution >= 4 is 17.4 Å². The van der Waals surface area contributed by atoms with Crippen molar-refractivity contribution in [3.05, 3.63) is 16.5 Å². The van der Waals surface area contributed by atoms with E-state index in [2.05, 4.69) is 26.7 Å². The van der Waals surface area contributed by atoms with Gasteiger partial charge in [-0.2, -0.15) is 0 Å². The smallest absolute Gasteiger partial charge is 0.171 e. The van der Waals surface area contributed by atoms with Gasteiger partial charge in [0, 0.05) is 26.2 Å². The molecule has 1 saturated heterocycles. The first kappa shape index (κ1) is 12.6. The van der Waals surface area contributed by atoms with Crippen molar-refractivity contribution in [1.29, 1.82) is 0 Å². The molecule has 1 aromatic rings. The van der Waals surface area contributed by atoms with E-state index < -0.39 is 0 Å². The molecule has 0 saturated carbocycles. The zero-order chi connectivity index (χ0) is 12.4. The highest BCUT2D eigenvalue weighted by Crippen LogP contribution is 2.23. The topological polar surface area (TPSA) is 32.3 Å². The molecule has 17 heavy (non-hydrogen) atoms. The lowest BCUT2D eigenvalue weighted by atomic mass is 10.3. The van der Waals surface area contributed by atoms with Crippen molar-refractivity contribution in [3.8, 4) is 0 Å². The molecule has 0 radical (unpaired) electrons. The van der Waals surface area contributed by atoms with Gasteiger partial charge in [-0.25, -0.2) is 9.97 Å². The number of hydrogen-bond acceptors (Lipinski definition) is 4. The number of piperazine rings is 1. The van der Waals surface area contributed by atoms with Crippen LogP contribution >= 0.6 is 11.6 Å². The molecule has 0 spiro atoms. The molecular formula is C12H19ClN4. The van der Waals surface area contributed by atoms with E-state index in [0.29, 0.717) is 5.15 Å². The minimum atomic E-state index is 0.526. The van der Waals surface area contributed by atoms with E-state index >= 15 is 0 Å². The standard InChI is InChI=1S/C12H19ClN4/c1-4-16-5-7-17(8-6-16)12-11(13)14-9(2)10(3)15-12/h4-8H2,1-3H3. The molecule has 1 aliphatic heterocycles. The summed E-state index contributed by atoms with van der Waals surface area (Å²) in [5, 5.41) is 0.526. The Kier molecular flexibility index (Phi) is 3.84.